The summed E-state index contributed by atoms with van der Waals surface area (Å²) in [5, 5.41) is 3.51. The molecule has 0 aliphatic carbocycles. The third kappa shape index (κ3) is 2.08. The van der Waals surface area contributed by atoms with E-state index in [0.717, 1.165) is 0 Å². The maximum atomic E-state index is 3.51. The van der Waals surface area contributed by atoms with Gasteiger partial charge in [0, 0.05) is 0 Å². The van der Waals surface area contributed by atoms with Crippen molar-refractivity contribution in [1.82, 2.24) is 0 Å². The number of halogens is 1. The molecule has 1 N–H and O–H groups in total. The predicted octanol–water partition coefficient (Wildman–Crippen LogP) is 3.57. The van der Waals surface area contributed by atoms with Crippen LogP contribution in [0.5, 0.6) is 0 Å². The molecule has 0 saturated carbocycles. The number of anilines is 2. The van der Waals surface area contributed by atoms with Crippen LogP contribution in [0.1, 0.15) is 0 Å². The summed E-state index contributed by atoms with van der Waals surface area (Å²) in [7, 11) is 0. The minimum absolute atomic E-state index is 0.0203. The molecule has 0 saturated heterocycles. The van der Waals surface area contributed by atoms with E-state index in [4.69, 9.17) is 0 Å². The van der Waals surface area contributed by atoms with Crippen LogP contribution < -0.4 is 8.93 Å². The summed E-state index contributed by atoms with van der Waals surface area (Å²) in [6.07, 6.45) is 0. The van der Waals surface area contributed by atoms with Gasteiger partial charge in [0.15, 0.2) is 0 Å². The maximum absolute atomic E-state index is 3.51. The Hall–Kier alpha value is 0.110. The second kappa shape index (κ2) is 4.77. The van der Waals surface area contributed by atoms with Crippen LogP contribution in [0, 0.1) is 0 Å². The molecule has 0 unspecified atom stereocenters. The molecule has 0 fully saturated rings. The second-order valence-corrected chi connectivity index (χ2v) is 9.28. The molecule has 1 aliphatic heterocycles. The van der Waals surface area contributed by atoms with E-state index in [0.29, 0.717) is 0 Å². The number of para-hydroxylation sites is 1. The van der Waals surface area contributed by atoms with Gasteiger partial charge in [-0.25, -0.2) is 0 Å². The average molecular weight is 453 g/mol. The Bertz CT molecular complexity index is 544. The molecule has 0 bridgehead atoms. The third-order valence-corrected chi connectivity index (χ3v) is 8.21. The SMILES string of the molecule is I[Te]c1ccc2c(c1)Nc1ccccc1S2. The van der Waals surface area contributed by atoms with Crippen molar-refractivity contribution in [1.29, 1.82) is 0 Å². The van der Waals surface area contributed by atoms with Crippen LogP contribution in [0.4, 0.5) is 11.4 Å². The average Bonchev–Trinajstić information content (AvgIpc) is 2.35. The summed E-state index contributed by atoms with van der Waals surface area (Å²) in [4.78, 5) is 2.65. The van der Waals surface area contributed by atoms with Crippen molar-refractivity contribution in [2.45, 2.75) is 9.79 Å². The molecular formula is C12H8INSTe. The number of hydrogen-bond donors (Lipinski definition) is 1. The molecule has 2 aromatic carbocycles. The van der Waals surface area contributed by atoms with Crippen molar-refractivity contribution in [3.05, 3.63) is 42.5 Å². The summed E-state index contributed by atoms with van der Waals surface area (Å²) in [6.45, 7) is 0. The van der Waals surface area contributed by atoms with Crippen LogP contribution in [-0.4, -0.2) is 17.0 Å². The molecule has 80 valence electrons. The van der Waals surface area contributed by atoms with E-state index in [-0.39, 0.29) is 17.0 Å². The molecule has 0 spiro atoms. The van der Waals surface area contributed by atoms with Crippen LogP contribution >= 0.6 is 30.5 Å². The fourth-order valence-corrected chi connectivity index (χ4v) is 5.28. The van der Waals surface area contributed by atoms with E-state index in [1.165, 1.54) is 24.8 Å². The second-order valence-electron chi connectivity index (χ2n) is 3.46. The van der Waals surface area contributed by atoms with Crippen LogP contribution in [0.2, 0.25) is 0 Å². The zero-order valence-corrected chi connectivity index (χ0v) is 13.5. The van der Waals surface area contributed by atoms with Gasteiger partial charge in [0.25, 0.3) is 0 Å². The van der Waals surface area contributed by atoms with Gasteiger partial charge >= 0.3 is 120 Å². The first kappa shape index (κ1) is 11.2. The van der Waals surface area contributed by atoms with Crippen LogP contribution in [0.3, 0.4) is 0 Å². The summed E-state index contributed by atoms with van der Waals surface area (Å²) >= 11 is 4.35. The van der Waals surface area contributed by atoms with Crippen LogP contribution in [-0.2, 0) is 0 Å². The summed E-state index contributed by atoms with van der Waals surface area (Å²) in [5.74, 6) is 0. The molecule has 0 amide bonds. The van der Waals surface area contributed by atoms with E-state index in [9.17, 15) is 0 Å². The number of fused-ring (bicyclic) bond motifs is 2. The van der Waals surface area contributed by atoms with E-state index >= 15 is 0 Å². The Morgan fingerprint density at radius 1 is 1.00 bits per heavy atom. The quantitative estimate of drug-likeness (QED) is 0.447. The number of rotatable bonds is 1. The summed E-state index contributed by atoms with van der Waals surface area (Å²) < 4.78 is 1.50. The number of hydrogen-bond acceptors (Lipinski definition) is 2. The molecule has 1 aliphatic rings. The molecule has 0 radical (unpaired) electrons. The fraction of sp³-hybridized carbons (Fsp3) is 0. The molecule has 16 heavy (non-hydrogen) atoms. The minimum atomic E-state index is -0.0203. The fourth-order valence-electron chi connectivity index (χ4n) is 1.67. The van der Waals surface area contributed by atoms with Crippen molar-refractivity contribution in [3.8, 4) is 0 Å². The Kier molecular flexibility index (Phi) is 3.34. The van der Waals surface area contributed by atoms with Crippen LogP contribution in [0.25, 0.3) is 0 Å². The first-order valence-corrected chi connectivity index (χ1v) is 13.6. The van der Waals surface area contributed by atoms with Gasteiger partial charge in [-0.2, -0.15) is 0 Å². The number of nitrogens with one attached hydrogen (secondary N) is 1. The molecule has 0 atom stereocenters. The first-order valence-electron chi connectivity index (χ1n) is 4.83. The Labute approximate surface area is 119 Å². The first-order chi connectivity index (χ1) is 7.86. The van der Waals surface area contributed by atoms with Crippen LogP contribution in [0.15, 0.2) is 52.3 Å². The molecular weight excluding hydrogens is 445 g/mol. The van der Waals surface area contributed by atoms with Gasteiger partial charge in [-0.1, -0.05) is 0 Å². The van der Waals surface area contributed by atoms with Crippen molar-refractivity contribution in [2.24, 2.45) is 0 Å². The van der Waals surface area contributed by atoms with E-state index in [1.54, 1.807) is 0 Å². The number of benzene rings is 2. The van der Waals surface area contributed by atoms with Gasteiger partial charge in [0.1, 0.15) is 0 Å². The zero-order valence-electron chi connectivity index (χ0n) is 8.24. The molecule has 3 rings (SSSR count). The van der Waals surface area contributed by atoms with Gasteiger partial charge in [0.05, 0.1) is 0 Å². The molecule has 1 heterocycles. The van der Waals surface area contributed by atoms with Gasteiger partial charge < -0.3 is 0 Å². The zero-order chi connectivity index (χ0) is 11.0. The Morgan fingerprint density at radius 3 is 2.69 bits per heavy atom. The van der Waals surface area contributed by atoms with Crippen molar-refractivity contribution >= 4 is 62.4 Å². The standard InChI is InChI=1S/C12H8INSTe/c13-16-8-5-6-12-10(7-8)14-9-3-1-2-4-11(9)15-12/h1-7,14H. The van der Waals surface area contributed by atoms with Gasteiger partial charge in [-0.05, 0) is 0 Å². The predicted molar refractivity (Wildman–Crippen MR) is 79.7 cm³/mol. The summed E-state index contributed by atoms with van der Waals surface area (Å²) in [6, 6.07) is 15.3. The van der Waals surface area contributed by atoms with E-state index in [1.807, 2.05) is 11.8 Å². The third-order valence-electron chi connectivity index (χ3n) is 2.42. The normalized spacial score (nSPS) is 12.6. The Balaban J connectivity index is 2.05. The van der Waals surface area contributed by atoms with E-state index in [2.05, 4.69) is 66.5 Å². The molecule has 2 aromatic rings. The molecule has 1 nitrogen and oxygen atoms in total. The van der Waals surface area contributed by atoms with Gasteiger partial charge in [-0.15, -0.1) is 0 Å². The topological polar surface area (TPSA) is 12.0 Å². The molecule has 4 heteroatoms. The Morgan fingerprint density at radius 2 is 1.81 bits per heavy atom. The van der Waals surface area contributed by atoms with E-state index < -0.39 is 0 Å². The monoisotopic (exact) mass is 455 g/mol. The van der Waals surface area contributed by atoms with Crippen molar-refractivity contribution < 1.29 is 0 Å². The van der Waals surface area contributed by atoms with Gasteiger partial charge in [0.2, 0.25) is 0 Å². The summed E-state index contributed by atoms with van der Waals surface area (Å²) in [5.41, 5.74) is 2.49. The van der Waals surface area contributed by atoms with Crippen molar-refractivity contribution in [2.75, 3.05) is 5.32 Å². The van der Waals surface area contributed by atoms with Crippen molar-refractivity contribution in [3.63, 3.8) is 0 Å². The van der Waals surface area contributed by atoms with Gasteiger partial charge in [-0.3, -0.25) is 0 Å². The molecule has 0 aromatic heterocycles.